The molecular formula is C16H17FO3. The van der Waals surface area contributed by atoms with Gasteiger partial charge in [0.2, 0.25) is 5.79 Å². The molecular weight excluding hydrogens is 259 g/mol. The summed E-state index contributed by atoms with van der Waals surface area (Å²) in [4.78, 5) is 11.5. The normalized spacial score (nSPS) is 18.6. The maximum atomic E-state index is 13.3. The number of benzene rings is 1. The number of rotatable bonds is 4. The van der Waals surface area contributed by atoms with Gasteiger partial charge in [-0.1, -0.05) is 18.2 Å². The first-order valence-electron chi connectivity index (χ1n) is 6.40. The lowest BCUT2D eigenvalue weighted by Crippen LogP contribution is -2.34. The second-order valence-corrected chi connectivity index (χ2v) is 5.13. The standard InChI is InChI=1S/C16H17FO3/c1-4-11(12-6-5-7-13(17)8-12)9-14-10-15(18)20-16(2,3)19-14/h4-8,10-11H,1,9H2,2-3H3/t11-/m1/s1. The molecule has 2 rings (SSSR count). The molecule has 0 N–H and O–H groups in total. The van der Waals surface area contributed by atoms with Crippen LogP contribution in [0.15, 0.2) is 48.8 Å². The molecule has 1 atom stereocenters. The molecule has 0 radical (unpaired) electrons. The van der Waals surface area contributed by atoms with Crippen molar-refractivity contribution in [2.45, 2.75) is 32.0 Å². The number of carbonyl (C=O) groups excluding carboxylic acids is 1. The third-order valence-electron chi connectivity index (χ3n) is 2.98. The number of halogens is 1. The van der Waals surface area contributed by atoms with Crippen LogP contribution in [0.3, 0.4) is 0 Å². The summed E-state index contributed by atoms with van der Waals surface area (Å²) in [6.07, 6.45) is 3.47. The average Bonchev–Trinajstić information content (AvgIpc) is 2.33. The summed E-state index contributed by atoms with van der Waals surface area (Å²) in [5.41, 5.74) is 0.793. The maximum absolute atomic E-state index is 13.3. The molecule has 0 saturated carbocycles. The molecule has 0 aromatic heterocycles. The smallest absolute Gasteiger partial charge is 0.337 e. The van der Waals surface area contributed by atoms with Gasteiger partial charge in [0.25, 0.3) is 0 Å². The van der Waals surface area contributed by atoms with Crippen molar-refractivity contribution in [3.05, 3.63) is 60.1 Å². The highest BCUT2D eigenvalue weighted by molar-refractivity contribution is 5.83. The van der Waals surface area contributed by atoms with Crippen molar-refractivity contribution in [3.63, 3.8) is 0 Å². The van der Waals surface area contributed by atoms with E-state index in [-0.39, 0.29) is 11.7 Å². The van der Waals surface area contributed by atoms with Gasteiger partial charge in [-0.3, -0.25) is 0 Å². The Morgan fingerprint density at radius 3 is 2.75 bits per heavy atom. The minimum absolute atomic E-state index is 0.126. The monoisotopic (exact) mass is 276 g/mol. The highest BCUT2D eigenvalue weighted by Gasteiger charge is 2.30. The van der Waals surface area contributed by atoms with Crippen molar-refractivity contribution in [3.8, 4) is 0 Å². The van der Waals surface area contributed by atoms with Crippen LogP contribution in [-0.2, 0) is 14.3 Å². The molecule has 0 bridgehead atoms. The van der Waals surface area contributed by atoms with Crippen molar-refractivity contribution in [2.24, 2.45) is 0 Å². The van der Waals surface area contributed by atoms with E-state index in [1.54, 1.807) is 26.0 Å². The summed E-state index contributed by atoms with van der Waals surface area (Å²) in [5.74, 6) is -1.32. The van der Waals surface area contributed by atoms with Gasteiger partial charge in [-0.2, -0.15) is 0 Å². The van der Waals surface area contributed by atoms with E-state index >= 15 is 0 Å². The Bertz CT molecular complexity index is 561. The lowest BCUT2D eigenvalue weighted by atomic mass is 9.94. The molecule has 20 heavy (non-hydrogen) atoms. The van der Waals surface area contributed by atoms with Gasteiger partial charge >= 0.3 is 5.97 Å². The van der Waals surface area contributed by atoms with Gasteiger partial charge < -0.3 is 9.47 Å². The van der Waals surface area contributed by atoms with Crippen LogP contribution in [0, 0.1) is 5.82 Å². The number of ether oxygens (including phenoxy) is 2. The van der Waals surface area contributed by atoms with E-state index in [0.29, 0.717) is 12.2 Å². The van der Waals surface area contributed by atoms with Gasteiger partial charge in [0.15, 0.2) is 0 Å². The Hall–Kier alpha value is -2.10. The molecule has 0 fully saturated rings. The molecule has 0 saturated heterocycles. The Morgan fingerprint density at radius 2 is 2.15 bits per heavy atom. The Balaban J connectivity index is 2.19. The van der Waals surface area contributed by atoms with Gasteiger partial charge in [0, 0.05) is 26.2 Å². The van der Waals surface area contributed by atoms with Crippen LogP contribution >= 0.6 is 0 Å². The van der Waals surface area contributed by atoms with Crippen LogP contribution in [0.2, 0.25) is 0 Å². The average molecular weight is 276 g/mol. The number of hydrogen-bond donors (Lipinski definition) is 0. The molecule has 1 aliphatic rings. The molecule has 1 aliphatic heterocycles. The number of carbonyl (C=O) groups is 1. The van der Waals surface area contributed by atoms with Crippen LogP contribution in [0.1, 0.15) is 31.7 Å². The summed E-state index contributed by atoms with van der Waals surface area (Å²) < 4.78 is 23.9. The Morgan fingerprint density at radius 1 is 1.40 bits per heavy atom. The van der Waals surface area contributed by atoms with E-state index in [4.69, 9.17) is 9.47 Å². The van der Waals surface area contributed by atoms with Crippen molar-refractivity contribution < 1.29 is 18.7 Å². The minimum atomic E-state index is -0.977. The third-order valence-corrected chi connectivity index (χ3v) is 2.98. The highest BCUT2D eigenvalue weighted by atomic mass is 19.1. The van der Waals surface area contributed by atoms with Gasteiger partial charge in [-0.25, -0.2) is 9.18 Å². The van der Waals surface area contributed by atoms with Gasteiger partial charge in [0.05, 0.1) is 6.08 Å². The van der Waals surface area contributed by atoms with E-state index in [1.165, 1.54) is 18.2 Å². The molecule has 0 unspecified atom stereocenters. The van der Waals surface area contributed by atoms with E-state index < -0.39 is 11.8 Å². The molecule has 1 heterocycles. The van der Waals surface area contributed by atoms with E-state index in [9.17, 15) is 9.18 Å². The largest absolute Gasteiger partial charge is 0.457 e. The van der Waals surface area contributed by atoms with Crippen molar-refractivity contribution in [1.29, 1.82) is 0 Å². The van der Waals surface area contributed by atoms with E-state index in [1.807, 2.05) is 6.07 Å². The van der Waals surface area contributed by atoms with Crippen molar-refractivity contribution in [2.75, 3.05) is 0 Å². The zero-order valence-electron chi connectivity index (χ0n) is 11.6. The summed E-state index contributed by atoms with van der Waals surface area (Å²) in [6.45, 7) is 7.11. The number of esters is 1. The Labute approximate surface area is 117 Å². The molecule has 3 nitrogen and oxygen atoms in total. The molecule has 0 amide bonds. The molecule has 106 valence electrons. The summed E-state index contributed by atoms with van der Waals surface area (Å²) in [7, 11) is 0. The quantitative estimate of drug-likeness (QED) is 0.621. The van der Waals surface area contributed by atoms with E-state index in [2.05, 4.69) is 6.58 Å². The predicted molar refractivity (Wildman–Crippen MR) is 73.3 cm³/mol. The second-order valence-electron chi connectivity index (χ2n) is 5.13. The van der Waals surface area contributed by atoms with Crippen LogP contribution < -0.4 is 0 Å². The second kappa shape index (κ2) is 5.49. The zero-order chi connectivity index (χ0) is 14.8. The van der Waals surface area contributed by atoms with Crippen LogP contribution in [0.25, 0.3) is 0 Å². The fourth-order valence-corrected chi connectivity index (χ4v) is 2.16. The molecule has 0 aliphatic carbocycles. The molecule has 1 aromatic rings. The molecule has 1 aromatic carbocycles. The topological polar surface area (TPSA) is 35.5 Å². The van der Waals surface area contributed by atoms with Crippen molar-refractivity contribution in [1.82, 2.24) is 0 Å². The maximum Gasteiger partial charge on any atom is 0.337 e. The molecule has 0 spiro atoms. The SMILES string of the molecule is C=C[C@H](CC1=CC(=O)OC(C)(C)O1)c1cccc(F)c1. The Kier molecular flexibility index (Phi) is 3.93. The van der Waals surface area contributed by atoms with Crippen LogP contribution in [0.5, 0.6) is 0 Å². The highest BCUT2D eigenvalue weighted by Crippen LogP contribution is 2.31. The van der Waals surface area contributed by atoms with Crippen LogP contribution in [0.4, 0.5) is 4.39 Å². The van der Waals surface area contributed by atoms with Gasteiger partial charge in [-0.15, -0.1) is 6.58 Å². The predicted octanol–water partition coefficient (Wildman–Crippen LogP) is 3.68. The third kappa shape index (κ3) is 3.47. The van der Waals surface area contributed by atoms with Crippen molar-refractivity contribution >= 4 is 5.97 Å². The summed E-state index contributed by atoms with van der Waals surface area (Å²) in [5, 5.41) is 0. The first-order chi connectivity index (χ1) is 9.39. The van der Waals surface area contributed by atoms with Gasteiger partial charge in [-0.05, 0) is 17.7 Å². The minimum Gasteiger partial charge on any atom is -0.457 e. The fourth-order valence-electron chi connectivity index (χ4n) is 2.16. The van der Waals surface area contributed by atoms with Gasteiger partial charge in [0.1, 0.15) is 11.6 Å². The fraction of sp³-hybridized carbons (Fsp3) is 0.312. The van der Waals surface area contributed by atoms with Crippen LogP contribution in [-0.4, -0.2) is 11.8 Å². The van der Waals surface area contributed by atoms with E-state index in [0.717, 1.165) is 5.56 Å². The number of allylic oxidation sites excluding steroid dienone is 2. The lowest BCUT2D eigenvalue weighted by Gasteiger charge is -2.31. The first kappa shape index (κ1) is 14.3. The first-order valence-corrected chi connectivity index (χ1v) is 6.40. The number of hydrogen-bond acceptors (Lipinski definition) is 3. The summed E-state index contributed by atoms with van der Waals surface area (Å²) in [6, 6.07) is 6.32. The molecule has 4 heteroatoms. The summed E-state index contributed by atoms with van der Waals surface area (Å²) >= 11 is 0. The number of cyclic esters (lactones) is 1. The lowest BCUT2D eigenvalue weighted by molar-refractivity contribution is -0.206. The zero-order valence-corrected chi connectivity index (χ0v) is 11.6.